The van der Waals surface area contributed by atoms with Crippen molar-refractivity contribution >= 4 is 28.9 Å². The van der Waals surface area contributed by atoms with E-state index in [0.717, 1.165) is 18.6 Å². The number of hydrogen-bond acceptors (Lipinski definition) is 4. The summed E-state index contributed by atoms with van der Waals surface area (Å²) in [5.41, 5.74) is 0.715. The van der Waals surface area contributed by atoms with Crippen molar-refractivity contribution in [3.8, 4) is 11.5 Å². The Morgan fingerprint density at radius 1 is 0.743 bits per heavy atom. The molecule has 2 aromatic rings. The van der Waals surface area contributed by atoms with Gasteiger partial charge < -0.3 is 20.1 Å². The minimum absolute atomic E-state index is 0.0481. The molecule has 0 unspecified atom stereocenters. The van der Waals surface area contributed by atoms with Crippen LogP contribution in [0.4, 0.5) is 5.69 Å². The molecule has 0 bridgehead atoms. The van der Waals surface area contributed by atoms with Gasteiger partial charge in [-0.2, -0.15) is 0 Å². The summed E-state index contributed by atoms with van der Waals surface area (Å²) in [5, 5.41) is 6.14. The topological polar surface area (TPSA) is 59.6 Å². The van der Waals surface area contributed by atoms with Gasteiger partial charge in [0.25, 0.3) is 0 Å². The van der Waals surface area contributed by atoms with Gasteiger partial charge in [-0.3, -0.25) is 4.79 Å². The summed E-state index contributed by atoms with van der Waals surface area (Å²) in [6, 6.07) is 17.2. The molecule has 35 heavy (non-hydrogen) atoms. The number of anilines is 1. The van der Waals surface area contributed by atoms with Gasteiger partial charge in [0.1, 0.15) is 24.7 Å². The fourth-order valence-electron chi connectivity index (χ4n) is 3.82. The van der Waals surface area contributed by atoms with Gasteiger partial charge in [-0.05, 0) is 42.9 Å². The van der Waals surface area contributed by atoms with E-state index in [0.29, 0.717) is 31.1 Å². The second-order valence-electron chi connectivity index (χ2n) is 8.79. The summed E-state index contributed by atoms with van der Waals surface area (Å²) in [6.45, 7) is 3.08. The highest BCUT2D eigenvalue weighted by molar-refractivity contribution is 7.80. The SMILES string of the molecule is CCCCCCCCCCCCCC(=O)NC(=S)Nc1ccccc1OCCOc1ccccc1. The molecule has 0 fully saturated rings. The van der Waals surface area contributed by atoms with E-state index in [9.17, 15) is 4.79 Å². The van der Waals surface area contributed by atoms with Crippen LogP contribution in [0, 0.1) is 0 Å². The largest absolute Gasteiger partial charge is 0.490 e. The highest BCUT2D eigenvalue weighted by Crippen LogP contribution is 2.23. The Bertz CT molecular complexity index is 845. The Morgan fingerprint density at radius 3 is 2.00 bits per heavy atom. The Kier molecular flexibility index (Phi) is 15.3. The third kappa shape index (κ3) is 13.8. The fraction of sp³-hybridized carbons (Fsp3) is 0.517. The van der Waals surface area contributed by atoms with Crippen molar-refractivity contribution in [3.63, 3.8) is 0 Å². The average Bonchev–Trinajstić information content (AvgIpc) is 2.86. The first-order chi connectivity index (χ1) is 17.2. The van der Waals surface area contributed by atoms with Gasteiger partial charge in [-0.15, -0.1) is 0 Å². The summed E-state index contributed by atoms with van der Waals surface area (Å²) >= 11 is 5.34. The lowest BCUT2D eigenvalue weighted by atomic mass is 10.1. The lowest BCUT2D eigenvalue weighted by Gasteiger charge is -2.14. The zero-order valence-electron chi connectivity index (χ0n) is 21.2. The van der Waals surface area contributed by atoms with E-state index < -0.39 is 0 Å². The van der Waals surface area contributed by atoms with Crippen molar-refractivity contribution in [1.82, 2.24) is 5.32 Å². The highest BCUT2D eigenvalue weighted by atomic mass is 32.1. The molecule has 0 aliphatic carbocycles. The molecule has 192 valence electrons. The van der Waals surface area contributed by atoms with Crippen molar-refractivity contribution < 1.29 is 14.3 Å². The lowest BCUT2D eigenvalue weighted by Crippen LogP contribution is -2.34. The maximum absolute atomic E-state index is 12.2. The standard InChI is InChI=1S/C29H42N2O3S/c1-2-3-4-5-6-7-8-9-10-11-15-22-28(32)31-29(35)30-26-20-16-17-21-27(26)34-24-23-33-25-18-13-12-14-19-25/h12-14,16-21H,2-11,15,22-24H2,1H3,(H2,30,31,32,35). The number of ether oxygens (including phenoxy) is 2. The molecule has 6 heteroatoms. The molecule has 0 aromatic heterocycles. The molecule has 0 atom stereocenters. The van der Waals surface area contributed by atoms with Crippen molar-refractivity contribution in [3.05, 3.63) is 54.6 Å². The van der Waals surface area contributed by atoms with Gasteiger partial charge in [0.05, 0.1) is 5.69 Å². The molecular formula is C29H42N2O3S. The van der Waals surface area contributed by atoms with Crippen LogP contribution in [-0.2, 0) is 4.79 Å². The summed E-state index contributed by atoms with van der Waals surface area (Å²) in [5.74, 6) is 1.42. The Morgan fingerprint density at radius 2 is 1.31 bits per heavy atom. The molecule has 0 heterocycles. The number of amides is 1. The van der Waals surface area contributed by atoms with Crippen LogP contribution in [0.25, 0.3) is 0 Å². The lowest BCUT2D eigenvalue weighted by molar-refractivity contribution is -0.119. The monoisotopic (exact) mass is 498 g/mol. The summed E-state index contributed by atoms with van der Waals surface area (Å²) in [4.78, 5) is 12.2. The number of carbonyl (C=O) groups excluding carboxylic acids is 1. The van der Waals surface area contributed by atoms with Crippen molar-refractivity contribution in [1.29, 1.82) is 0 Å². The molecule has 2 N–H and O–H groups in total. The number of unbranched alkanes of at least 4 members (excludes halogenated alkanes) is 10. The number of rotatable bonds is 18. The predicted molar refractivity (Wildman–Crippen MR) is 149 cm³/mol. The van der Waals surface area contributed by atoms with Crippen molar-refractivity contribution in [2.24, 2.45) is 0 Å². The number of carbonyl (C=O) groups is 1. The molecule has 0 saturated heterocycles. The van der Waals surface area contributed by atoms with Crippen LogP contribution in [0.2, 0.25) is 0 Å². The van der Waals surface area contributed by atoms with Crippen molar-refractivity contribution in [2.75, 3.05) is 18.5 Å². The smallest absolute Gasteiger partial charge is 0.226 e. The third-order valence-corrected chi connectivity index (χ3v) is 5.95. The van der Waals surface area contributed by atoms with Gasteiger partial charge in [0.2, 0.25) is 5.91 Å². The maximum Gasteiger partial charge on any atom is 0.226 e. The minimum Gasteiger partial charge on any atom is -0.490 e. The zero-order chi connectivity index (χ0) is 25.0. The number of benzene rings is 2. The van der Waals surface area contributed by atoms with E-state index in [1.165, 1.54) is 57.8 Å². The zero-order valence-corrected chi connectivity index (χ0v) is 22.0. The van der Waals surface area contributed by atoms with Gasteiger partial charge >= 0.3 is 0 Å². The average molecular weight is 499 g/mol. The minimum atomic E-state index is -0.0481. The molecule has 0 aliphatic heterocycles. The van der Waals surface area contributed by atoms with Gasteiger partial charge in [-0.25, -0.2) is 0 Å². The second kappa shape index (κ2) is 18.7. The maximum atomic E-state index is 12.2. The Hall–Kier alpha value is -2.60. The van der Waals surface area contributed by atoms with E-state index in [1.54, 1.807) is 0 Å². The van der Waals surface area contributed by atoms with Crippen LogP contribution >= 0.6 is 12.2 Å². The number of thiocarbonyl (C=S) groups is 1. The van der Waals surface area contributed by atoms with Gasteiger partial charge in [0.15, 0.2) is 5.11 Å². The number of para-hydroxylation sites is 3. The van der Waals surface area contributed by atoms with Crippen LogP contribution in [0.5, 0.6) is 11.5 Å². The second-order valence-corrected chi connectivity index (χ2v) is 9.20. The van der Waals surface area contributed by atoms with E-state index in [2.05, 4.69) is 17.6 Å². The van der Waals surface area contributed by atoms with Crippen LogP contribution < -0.4 is 20.1 Å². The van der Waals surface area contributed by atoms with Crippen molar-refractivity contribution in [2.45, 2.75) is 84.0 Å². The number of nitrogens with one attached hydrogen (secondary N) is 2. The van der Waals surface area contributed by atoms with E-state index in [1.807, 2.05) is 54.6 Å². The normalized spacial score (nSPS) is 10.5. The van der Waals surface area contributed by atoms with E-state index in [-0.39, 0.29) is 11.0 Å². The first kappa shape index (κ1) is 28.6. The first-order valence-electron chi connectivity index (χ1n) is 13.2. The molecule has 0 radical (unpaired) electrons. The third-order valence-electron chi connectivity index (χ3n) is 5.75. The van der Waals surface area contributed by atoms with Crippen LogP contribution in [0.1, 0.15) is 84.0 Å². The van der Waals surface area contributed by atoms with Crippen LogP contribution in [0.15, 0.2) is 54.6 Å². The van der Waals surface area contributed by atoms with E-state index >= 15 is 0 Å². The Labute approximate surface area is 217 Å². The first-order valence-corrected chi connectivity index (χ1v) is 13.6. The molecular weight excluding hydrogens is 456 g/mol. The summed E-state index contributed by atoms with van der Waals surface area (Å²) < 4.78 is 11.5. The predicted octanol–water partition coefficient (Wildman–Crippen LogP) is 7.66. The summed E-state index contributed by atoms with van der Waals surface area (Å²) in [6.07, 6.45) is 14.4. The molecule has 0 spiro atoms. The molecule has 2 rings (SSSR count). The number of hydrogen-bond donors (Lipinski definition) is 2. The van der Waals surface area contributed by atoms with Gasteiger partial charge in [0, 0.05) is 6.42 Å². The highest BCUT2D eigenvalue weighted by Gasteiger charge is 2.08. The van der Waals surface area contributed by atoms with Gasteiger partial charge in [-0.1, -0.05) is 101 Å². The summed E-state index contributed by atoms with van der Waals surface area (Å²) in [7, 11) is 0. The van der Waals surface area contributed by atoms with Crippen LogP contribution in [-0.4, -0.2) is 24.2 Å². The Balaban J connectivity index is 1.56. The molecule has 0 saturated carbocycles. The quantitative estimate of drug-likeness (QED) is 0.163. The molecule has 1 amide bonds. The van der Waals surface area contributed by atoms with E-state index in [4.69, 9.17) is 21.7 Å². The molecule has 5 nitrogen and oxygen atoms in total. The molecule has 2 aromatic carbocycles. The van der Waals surface area contributed by atoms with Crippen LogP contribution in [0.3, 0.4) is 0 Å². The molecule has 0 aliphatic rings. The fourth-order valence-corrected chi connectivity index (χ4v) is 4.04.